The van der Waals surface area contributed by atoms with Crippen LogP contribution in [-0.2, 0) is 11.3 Å². The highest BCUT2D eigenvalue weighted by Gasteiger charge is 2.42. The first kappa shape index (κ1) is 13.1. The summed E-state index contributed by atoms with van der Waals surface area (Å²) in [5.41, 5.74) is 1.47. The minimum Gasteiger partial charge on any atom is -0.351 e. The van der Waals surface area contributed by atoms with E-state index >= 15 is 0 Å². The number of aryl methyl sites for hydroxylation is 2. The molecule has 108 valence electrons. The summed E-state index contributed by atoms with van der Waals surface area (Å²) in [6, 6.07) is 0.137. The third-order valence-corrected chi connectivity index (χ3v) is 4.15. The van der Waals surface area contributed by atoms with E-state index in [2.05, 4.69) is 17.3 Å². The molecule has 0 radical (unpaired) electrons. The highest BCUT2D eigenvalue weighted by Crippen LogP contribution is 2.26. The number of amides is 2. The van der Waals surface area contributed by atoms with Crippen LogP contribution in [0.2, 0.25) is 0 Å². The Morgan fingerprint density at radius 1 is 1.50 bits per heavy atom. The van der Waals surface area contributed by atoms with Gasteiger partial charge in [-0.1, -0.05) is 6.92 Å². The molecular formula is C14H20N4O2. The summed E-state index contributed by atoms with van der Waals surface area (Å²) in [4.78, 5) is 25.7. The number of carbonyl (C=O) groups is 2. The van der Waals surface area contributed by atoms with Gasteiger partial charge in [0.15, 0.2) is 0 Å². The van der Waals surface area contributed by atoms with Crippen molar-refractivity contribution in [2.75, 3.05) is 13.1 Å². The lowest BCUT2D eigenvalue weighted by atomic mass is 10.1. The summed E-state index contributed by atoms with van der Waals surface area (Å²) >= 11 is 0. The summed E-state index contributed by atoms with van der Waals surface area (Å²) in [5.74, 6) is 0.421. The molecule has 3 rings (SSSR count). The fourth-order valence-electron chi connectivity index (χ4n) is 3.15. The molecule has 0 bridgehead atoms. The molecule has 2 amide bonds. The molecule has 0 unspecified atom stereocenters. The molecule has 1 aromatic heterocycles. The van der Waals surface area contributed by atoms with Crippen LogP contribution in [0.4, 0.5) is 0 Å². The van der Waals surface area contributed by atoms with Crippen LogP contribution in [0.1, 0.15) is 35.8 Å². The van der Waals surface area contributed by atoms with Gasteiger partial charge in [-0.15, -0.1) is 0 Å². The smallest absolute Gasteiger partial charge is 0.257 e. The summed E-state index contributed by atoms with van der Waals surface area (Å²) in [6.45, 7) is 6.07. The molecule has 2 fully saturated rings. The van der Waals surface area contributed by atoms with Gasteiger partial charge >= 0.3 is 0 Å². The average Bonchev–Trinajstić information content (AvgIpc) is 3.01. The monoisotopic (exact) mass is 276 g/mol. The number of hydrogen-bond acceptors (Lipinski definition) is 3. The van der Waals surface area contributed by atoms with E-state index in [1.165, 1.54) is 0 Å². The molecule has 2 aliphatic rings. The number of carbonyl (C=O) groups excluding carboxylic acids is 2. The van der Waals surface area contributed by atoms with Gasteiger partial charge in [0.1, 0.15) is 0 Å². The highest BCUT2D eigenvalue weighted by molar-refractivity contribution is 5.95. The number of hydrogen-bond donors (Lipinski definition) is 1. The Morgan fingerprint density at radius 3 is 3.00 bits per heavy atom. The zero-order valence-electron chi connectivity index (χ0n) is 11.9. The Labute approximate surface area is 118 Å². The average molecular weight is 276 g/mol. The summed E-state index contributed by atoms with van der Waals surface area (Å²) in [6.07, 6.45) is 3.38. The van der Waals surface area contributed by atoms with Gasteiger partial charge < -0.3 is 10.2 Å². The predicted molar refractivity (Wildman–Crippen MR) is 73.2 cm³/mol. The van der Waals surface area contributed by atoms with Gasteiger partial charge in [0.25, 0.3) is 5.91 Å². The molecule has 1 N–H and O–H groups in total. The molecular weight excluding hydrogens is 256 g/mol. The van der Waals surface area contributed by atoms with Crippen molar-refractivity contribution >= 4 is 11.8 Å². The Hall–Kier alpha value is -1.85. The second-order valence-corrected chi connectivity index (χ2v) is 5.74. The first-order chi connectivity index (χ1) is 9.58. The molecule has 2 aliphatic heterocycles. The maximum atomic E-state index is 12.6. The number of fused-ring (bicyclic) bond motifs is 1. The van der Waals surface area contributed by atoms with Crippen LogP contribution in [0, 0.1) is 12.8 Å². The minimum absolute atomic E-state index is 0.0357. The molecule has 2 atom stereocenters. The maximum absolute atomic E-state index is 12.6. The van der Waals surface area contributed by atoms with Gasteiger partial charge in [-0.3, -0.25) is 14.3 Å². The Bertz CT molecular complexity index is 535. The molecule has 1 aromatic rings. The molecule has 20 heavy (non-hydrogen) atoms. The predicted octanol–water partition coefficient (Wildman–Crippen LogP) is 0.562. The topological polar surface area (TPSA) is 67.2 Å². The summed E-state index contributed by atoms with van der Waals surface area (Å²) in [5, 5.41) is 7.32. The molecule has 0 saturated carbocycles. The van der Waals surface area contributed by atoms with Gasteiger partial charge in [-0.2, -0.15) is 5.10 Å². The molecule has 0 aliphatic carbocycles. The van der Waals surface area contributed by atoms with Crippen molar-refractivity contribution in [1.82, 2.24) is 20.0 Å². The van der Waals surface area contributed by atoms with E-state index < -0.39 is 0 Å². The second-order valence-electron chi connectivity index (χ2n) is 5.74. The first-order valence-electron chi connectivity index (χ1n) is 7.21. The van der Waals surface area contributed by atoms with E-state index in [4.69, 9.17) is 0 Å². The van der Waals surface area contributed by atoms with Crippen LogP contribution in [0.3, 0.4) is 0 Å². The van der Waals surface area contributed by atoms with E-state index in [1.807, 2.05) is 22.7 Å². The summed E-state index contributed by atoms with van der Waals surface area (Å²) < 4.78 is 1.83. The normalized spacial score (nSPS) is 24.9. The minimum atomic E-state index is 0.0357. The van der Waals surface area contributed by atoms with Gasteiger partial charge in [0, 0.05) is 38.2 Å². The highest BCUT2D eigenvalue weighted by atomic mass is 16.2. The largest absolute Gasteiger partial charge is 0.351 e. The first-order valence-corrected chi connectivity index (χ1v) is 7.21. The van der Waals surface area contributed by atoms with Crippen LogP contribution in [0.5, 0.6) is 0 Å². The zero-order valence-corrected chi connectivity index (χ0v) is 11.9. The molecule has 6 nitrogen and oxygen atoms in total. The van der Waals surface area contributed by atoms with Crippen molar-refractivity contribution in [2.24, 2.45) is 5.92 Å². The van der Waals surface area contributed by atoms with Crippen LogP contribution in [-0.4, -0.2) is 45.6 Å². The van der Waals surface area contributed by atoms with Crippen molar-refractivity contribution in [1.29, 1.82) is 0 Å². The van der Waals surface area contributed by atoms with Crippen molar-refractivity contribution in [3.8, 4) is 0 Å². The fraction of sp³-hybridized carbons (Fsp3) is 0.643. The van der Waals surface area contributed by atoms with Crippen molar-refractivity contribution < 1.29 is 9.59 Å². The van der Waals surface area contributed by atoms with E-state index in [1.54, 1.807) is 0 Å². The number of nitrogens with one attached hydrogen (secondary N) is 1. The zero-order chi connectivity index (χ0) is 14.3. The molecule has 0 aromatic carbocycles. The van der Waals surface area contributed by atoms with E-state index in [9.17, 15) is 9.59 Å². The van der Waals surface area contributed by atoms with Crippen molar-refractivity contribution in [2.45, 2.75) is 39.3 Å². The van der Waals surface area contributed by atoms with Gasteiger partial charge in [-0.25, -0.2) is 0 Å². The molecule has 0 spiro atoms. The number of rotatable bonds is 3. The molecule has 6 heteroatoms. The van der Waals surface area contributed by atoms with Crippen LogP contribution < -0.4 is 5.32 Å². The Morgan fingerprint density at radius 2 is 2.30 bits per heavy atom. The van der Waals surface area contributed by atoms with E-state index in [0.29, 0.717) is 25.1 Å². The molecule has 3 heterocycles. The maximum Gasteiger partial charge on any atom is 0.257 e. The van der Waals surface area contributed by atoms with Gasteiger partial charge in [-0.05, 0) is 13.3 Å². The Balaban J connectivity index is 1.72. The van der Waals surface area contributed by atoms with Crippen LogP contribution >= 0.6 is 0 Å². The SMILES string of the molecule is CCCn1cc(C(=O)N2C[C@@H]3CC(=O)N[C@@H]3C2)c(C)n1. The van der Waals surface area contributed by atoms with Gasteiger partial charge in [0.2, 0.25) is 5.91 Å². The standard InChI is InChI=1S/C14H20N4O2/c1-3-4-18-7-11(9(2)16-18)14(20)17-6-10-5-13(19)15-12(10)8-17/h7,10,12H,3-6,8H2,1-2H3,(H,15,19)/t10-,12+/m0/s1. The number of likely N-dealkylation sites (tertiary alicyclic amines) is 1. The van der Waals surface area contributed by atoms with Gasteiger partial charge in [0.05, 0.1) is 17.3 Å². The number of nitrogens with zero attached hydrogens (tertiary/aromatic N) is 3. The quantitative estimate of drug-likeness (QED) is 0.877. The fourth-order valence-corrected chi connectivity index (χ4v) is 3.15. The van der Waals surface area contributed by atoms with E-state index in [0.717, 1.165) is 18.7 Å². The van der Waals surface area contributed by atoms with Crippen LogP contribution in [0.25, 0.3) is 0 Å². The lowest BCUT2D eigenvalue weighted by Gasteiger charge is -2.16. The lowest BCUT2D eigenvalue weighted by Crippen LogP contribution is -2.35. The van der Waals surface area contributed by atoms with Crippen molar-refractivity contribution in [3.05, 3.63) is 17.5 Å². The third-order valence-electron chi connectivity index (χ3n) is 4.15. The van der Waals surface area contributed by atoms with Crippen molar-refractivity contribution in [3.63, 3.8) is 0 Å². The number of aromatic nitrogens is 2. The van der Waals surface area contributed by atoms with E-state index in [-0.39, 0.29) is 23.8 Å². The Kier molecular flexibility index (Phi) is 3.23. The molecule has 2 saturated heterocycles. The summed E-state index contributed by atoms with van der Waals surface area (Å²) in [7, 11) is 0. The van der Waals surface area contributed by atoms with Crippen LogP contribution in [0.15, 0.2) is 6.20 Å². The lowest BCUT2D eigenvalue weighted by molar-refractivity contribution is -0.119. The third kappa shape index (κ3) is 2.19. The second kappa shape index (κ2) is 4.92.